The topological polar surface area (TPSA) is 68.3 Å². The largest absolute Gasteiger partial charge is 0.478 e. The summed E-state index contributed by atoms with van der Waals surface area (Å²) in [7, 11) is -3.53. The minimum atomic E-state index is -3.53. The van der Waals surface area contributed by atoms with Crippen molar-refractivity contribution >= 4 is 16.1 Å². The highest BCUT2D eigenvalue weighted by Crippen LogP contribution is 2.26. The molecule has 1 heterocycles. The number of aromatic nitrogens is 1. The second kappa shape index (κ2) is 7.15. The molecule has 3 rings (SSSR count). The van der Waals surface area contributed by atoms with E-state index in [4.69, 9.17) is 4.74 Å². The number of aryl methyl sites for hydroxylation is 1. The van der Waals surface area contributed by atoms with Crippen LogP contribution in [0.1, 0.15) is 30.0 Å². The Hall–Kier alpha value is -2.18. The number of fused-ring (bicyclic) bond motifs is 1. The zero-order valence-electron chi connectivity index (χ0n) is 13.5. The molecule has 0 amide bonds. The molecule has 6 heteroatoms. The van der Waals surface area contributed by atoms with Crippen molar-refractivity contribution in [2.24, 2.45) is 0 Å². The van der Waals surface area contributed by atoms with Gasteiger partial charge in [0.2, 0.25) is 15.9 Å². The van der Waals surface area contributed by atoms with E-state index in [1.54, 1.807) is 18.3 Å². The number of rotatable bonds is 6. The second-order valence-electron chi connectivity index (χ2n) is 5.53. The number of benzene rings is 1. The maximum atomic E-state index is 12.6. The van der Waals surface area contributed by atoms with Gasteiger partial charge in [-0.05, 0) is 43.0 Å². The van der Waals surface area contributed by atoms with Crippen LogP contribution in [0.15, 0.2) is 47.5 Å². The highest BCUT2D eigenvalue weighted by atomic mass is 32.2. The van der Waals surface area contributed by atoms with Crippen LogP contribution in [0, 0.1) is 0 Å². The van der Waals surface area contributed by atoms with Crippen LogP contribution >= 0.6 is 0 Å². The fourth-order valence-corrected chi connectivity index (χ4v) is 3.89. The Morgan fingerprint density at radius 1 is 1.17 bits per heavy atom. The van der Waals surface area contributed by atoms with Gasteiger partial charge in [0.15, 0.2) is 0 Å². The van der Waals surface area contributed by atoms with E-state index in [-0.39, 0.29) is 6.54 Å². The molecule has 0 saturated carbocycles. The first-order chi connectivity index (χ1) is 11.6. The number of pyridine rings is 1. The van der Waals surface area contributed by atoms with Crippen molar-refractivity contribution in [2.75, 3.05) is 6.61 Å². The van der Waals surface area contributed by atoms with Crippen LogP contribution in [0.5, 0.6) is 5.88 Å². The Kier molecular flexibility index (Phi) is 4.97. The molecule has 1 aliphatic carbocycles. The van der Waals surface area contributed by atoms with Crippen LogP contribution < -0.4 is 9.46 Å². The Morgan fingerprint density at radius 2 is 2.00 bits per heavy atom. The molecule has 1 N–H and O–H groups in total. The summed E-state index contributed by atoms with van der Waals surface area (Å²) >= 11 is 0. The van der Waals surface area contributed by atoms with Crippen molar-refractivity contribution in [1.29, 1.82) is 0 Å². The zero-order chi connectivity index (χ0) is 17.0. The summed E-state index contributed by atoms with van der Waals surface area (Å²) in [5.74, 6) is 0.464. The van der Waals surface area contributed by atoms with Crippen molar-refractivity contribution in [3.05, 3.63) is 64.2 Å². The van der Waals surface area contributed by atoms with E-state index in [1.165, 1.54) is 5.56 Å². The number of nitrogens with one attached hydrogen (secondary N) is 1. The molecule has 1 aliphatic rings. The fraction of sp³-hybridized carbons (Fsp3) is 0.278. The third-order valence-corrected chi connectivity index (χ3v) is 5.48. The molecule has 0 bridgehead atoms. The minimum Gasteiger partial charge on any atom is -0.478 e. The van der Waals surface area contributed by atoms with Gasteiger partial charge in [-0.15, -0.1) is 0 Å². The average molecular weight is 344 g/mol. The van der Waals surface area contributed by atoms with Crippen molar-refractivity contribution in [2.45, 2.75) is 26.3 Å². The van der Waals surface area contributed by atoms with Crippen LogP contribution in [-0.2, 0) is 23.0 Å². The lowest BCUT2D eigenvalue weighted by molar-refractivity contribution is 0.322. The van der Waals surface area contributed by atoms with Gasteiger partial charge in [-0.1, -0.05) is 30.3 Å². The summed E-state index contributed by atoms with van der Waals surface area (Å²) in [5.41, 5.74) is 2.88. The van der Waals surface area contributed by atoms with Gasteiger partial charge < -0.3 is 4.74 Å². The van der Waals surface area contributed by atoms with Crippen LogP contribution in [-0.4, -0.2) is 20.0 Å². The predicted molar refractivity (Wildman–Crippen MR) is 93.9 cm³/mol. The van der Waals surface area contributed by atoms with Crippen LogP contribution in [0.2, 0.25) is 0 Å². The predicted octanol–water partition coefficient (Wildman–Crippen LogP) is 2.89. The lowest BCUT2D eigenvalue weighted by Gasteiger charge is -2.17. The number of sulfonamides is 1. The maximum Gasteiger partial charge on any atom is 0.237 e. The Balaban J connectivity index is 1.77. The van der Waals surface area contributed by atoms with Gasteiger partial charge in [0.25, 0.3) is 0 Å². The van der Waals surface area contributed by atoms with E-state index in [0.29, 0.717) is 23.8 Å². The van der Waals surface area contributed by atoms with Gasteiger partial charge in [-0.2, -0.15) is 0 Å². The molecule has 0 atom stereocenters. The standard InChI is InChI=1S/C18H20N2O3S/c1-2-23-18-16(8-5-11-19-18)13-20-24(21,22)17-10-9-14-6-3-4-7-15(14)12-17/h3-8,11-12,20H,2,9-10,13H2,1H3. The Bertz CT molecular complexity index is 860. The van der Waals surface area contributed by atoms with Gasteiger partial charge in [-0.25, -0.2) is 18.1 Å². The number of hydrogen-bond donors (Lipinski definition) is 1. The summed E-state index contributed by atoms with van der Waals surface area (Å²) in [6, 6.07) is 11.4. The number of hydrogen-bond acceptors (Lipinski definition) is 4. The second-order valence-corrected chi connectivity index (χ2v) is 7.35. The van der Waals surface area contributed by atoms with Gasteiger partial charge >= 0.3 is 0 Å². The fourth-order valence-electron chi connectivity index (χ4n) is 2.71. The van der Waals surface area contributed by atoms with E-state index < -0.39 is 10.0 Å². The molecule has 0 unspecified atom stereocenters. The molecule has 5 nitrogen and oxygen atoms in total. The summed E-state index contributed by atoms with van der Waals surface area (Å²) in [5, 5.41) is 0. The highest BCUT2D eigenvalue weighted by Gasteiger charge is 2.21. The first-order valence-electron chi connectivity index (χ1n) is 7.95. The monoisotopic (exact) mass is 344 g/mol. The molecule has 1 aromatic carbocycles. The van der Waals surface area contributed by atoms with Crippen LogP contribution in [0.25, 0.3) is 6.08 Å². The minimum absolute atomic E-state index is 0.157. The van der Waals surface area contributed by atoms with Gasteiger partial charge in [0.1, 0.15) is 0 Å². The first kappa shape index (κ1) is 16.7. The quantitative estimate of drug-likeness (QED) is 0.875. The summed E-state index contributed by atoms with van der Waals surface area (Å²) in [4.78, 5) is 4.56. The van der Waals surface area contributed by atoms with Crippen molar-refractivity contribution in [3.63, 3.8) is 0 Å². The molecule has 126 valence electrons. The lowest BCUT2D eigenvalue weighted by Crippen LogP contribution is -2.26. The Labute approximate surface area is 142 Å². The molecule has 0 saturated heterocycles. The normalized spacial score (nSPS) is 14.0. The summed E-state index contributed by atoms with van der Waals surface area (Å²) in [6.07, 6.45) is 4.63. The molecule has 0 radical (unpaired) electrons. The Morgan fingerprint density at radius 3 is 2.83 bits per heavy atom. The van der Waals surface area contributed by atoms with Gasteiger partial charge in [0, 0.05) is 18.3 Å². The van der Waals surface area contributed by atoms with Crippen molar-refractivity contribution in [3.8, 4) is 5.88 Å². The average Bonchev–Trinajstić information content (AvgIpc) is 2.61. The zero-order valence-corrected chi connectivity index (χ0v) is 14.3. The molecule has 0 spiro atoms. The smallest absolute Gasteiger partial charge is 0.237 e. The number of ether oxygens (including phenoxy) is 1. The van der Waals surface area contributed by atoms with E-state index in [2.05, 4.69) is 9.71 Å². The van der Waals surface area contributed by atoms with E-state index in [0.717, 1.165) is 17.5 Å². The van der Waals surface area contributed by atoms with Crippen molar-refractivity contribution < 1.29 is 13.2 Å². The van der Waals surface area contributed by atoms with Gasteiger partial charge in [-0.3, -0.25) is 0 Å². The first-order valence-corrected chi connectivity index (χ1v) is 9.43. The molecule has 0 fully saturated rings. The third-order valence-electron chi connectivity index (χ3n) is 3.94. The van der Waals surface area contributed by atoms with E-state index in [1.807, 2.05) is 37.3 Å². The maximum absolute atomic E-state index is 12.6. The summed E-state index contributed by atoms with van der Waals surface area (Å²) < 4.78 is 33.3. The van der Waals surface area contributed by atoms with Crippen molar-refractivity contribution in [1.82, 2.24) is 9.71 Å². The highest BCUT2D eigenvalue weighted by molar-refractivity contribution is 7.93. The molecule has 2 aromatic rings. The number of nitrogens with zero attached hydrogens (tertiary/aromatic N) is 1. The SMILES string of the molecule is CCOc1ncccc1CNS(=O)(=O)C1=Cc2ccccc2CC1. The third kappa shape index (κ3) is 3.66. The molecule has 0 aliphatic heterocycles. The summed E-state index contributed by atoms with van der Waals surface area (Å²) in [6.45, 7) is 2.51. The van der Waals surface area contributed by atoms with E-state index in [9.17, 15) is 8.42 Å². The molecule has 24 heavy (non-hydrogen) atoms. The van der Waals surface area contributed by atoms with E-state index >= 15 is 0 Å². The molecular weight excluding hydrogens is 324 g/mol. The van der Waals surface area contributed by atoms with Crippen LogP contribution in [0.4, 0.5) is 0 Å². The number of allylic oxidation sites excluding steroid dienone is 1. The van der Waals surface area contributed by atoms with Crippen LogP contribution in [0.3, 0.4) is 0 Å². The molecule has 1 aromatic heterocycles. The van der Waals surface area contributed by atoms with Gasteiger partial charge in [0.05, 0.1) is 11.5 Å². The lowest BCUT2D eigenvalue weighted by atomic mass is 9.98. The molecular formula is C18H20N2O3S.